The van der Waals surface area contributed by atoms with Gasteiger partial charge in [-0.25, -0.2) is 0 Å². The normalized spacial score (nSPS) is 15.1. The fourth-order valence-corrected chi connectivity index (χ4v) is 4.52. The molecule has 172 valence electrons. The van der Waals surface area contributed by atoms with Gasteiger partial charge < -0.3 is 14.2 Å². The molecule has 1 aliphatic rings. The van der Waals surface area contributed by atoms with Gasteiger partial charge in [-0.1, -0.05) is 85.2 Å². The molecular weight excluding hydrogens is 420 g/mol. The Morgan fingerprint density at radius 3 is 2.29 bits per heavy atom. The highest BCUT2D eigenvalue weighted by molar-refractivity contribution is 5.82. The van der Waals surface area contributed by atoms with Gasteiger partial charge in [0.05, 0.1) is 17.4 Å². The first-order valence-corrected chi connectivity index (χ1v) is 12.0. The van der Waals surface area contributed by atoms with Gasteiger partial charge in [0.2, 0.25) is 5.88 Å². The Bertz CT molecular complexity index is 1290. The molecule has 5 rings (SSSR count). The Balaban J connectivity index is 1.41. The maximum absolute atomic E-state index is 6.43. The minimum absolute atomic E-state index is 0.140. The topological polar surface area (TPSA) is 38.5 Å². The van der Waals surface area contributed by atoms with Crippen molar-refractivity contribution in [2.75, 3.05) is 4.90 Å². The second kappa shape index (κ2) is 9.60. The first-order chi connectivity index (χ1) is 16.7. The SMILES string of the molecule is CCCC1C=C(OCc2ccc(-c3ccccc3)cc2)c2ccccc2N1c1onc(C)c1C. The van der Waals surface area contributed by atoms with Crippen molar-refractivity contribution in [3.63, 3.8) is 0 Å². The summed E-state index contributed by atoms with van der Waals surface area (Å²) in [6.07, 6.45) is 4.29. The molecule has 1 aliphatic heterocycles. The molecule has 0 N–H and O–H groups in total. The fraction of sp³-hybridized carbons (Fsp3) is 0.233. The predicted molar refractivity (Wildman–Crippen MR) is 138 cm³/mol. The van der Waals surface area contributed by atoms with Gasteiger partial charge >= 0.3 is 0 Å². The lowest BCUT2D eigenvalue weighted by molar-refractivity contribution is 0.261. The Kier molecular flexibility index (Phi) is 6.22. The van der Waals surface area contributed by atoms with Gasteiger partial charge in [0.25, 0.3) is 0 Å². The molecule has 0 aliphatic carbocycles. The van der Waals surface area contributed by atoms with Crippen molar-refractivity contribution in [3.8, 4) is 11.1 Å². The summed E-state index contributed by atoms with van der Waals surface area (Å²) in [6.45, 7) is 6.79. The molecule has 0 saturated carbocycles. The van der Waals surface area contributed by atoms with Crippen LogP contribution in [-0.4, -0.2) is 11.2 Å². The molecule has 0 amide bonds. The highest BCUT2D eigenvalue weighted by Gasteiger charge is 2.31. The lowest BCUT2D eigenvalue weighted by Crippen LogP contribution is -2.33. The zero-order chi connectivity index (χ0) is 23.5. The van der Waals surface area contributed by atoms with E-state index in [9.17, 15) is 0 Å². The van der Waals surface area contributed by atoms with E-state index in [1.54, 1.807) is 0 Å². The molecule has 2 heterocycles. The summed E-state index contributed by atoms with van der Waals surface area (Å²) in [5, 5.41) is 4.21. The number of hydrogen-bond donors (Lipinski definition) is 0. The van der Waals surface area contributed by atoms with E-state index < -0.39 is 0 Å². The maximum Gasteiger partial charge on any atom is 0.235 e. The van der Waals surface area contributed by atoms with Gasteiger partial charge in [0.15, 0.2) is 0 Å². The standard InChI is InChI=1S/C30H30N2O2/c1-4-10-26-19-29(33-20-23-15-17-25(18-16-23)24-11-6-5-7-12-24)27-13-8-9-14-28(27)32(26)30-21(2)22(3)31-34-30/h5-9,11-19,26H,4,10,20H2,1-3H3. The van der Waals surface area contributed by atoms with E-state index in [1.165, 1.54) is 11.1 Å². The van der Waals surface area contributed by atoms with Crippen LogP contribution in [0.3, 0.4) is 0 Å². The molecule has 0 radical (unpaired) electrons. The van der Waals surface area contributed by atoms with Crippen LogP contribution in [0.2, 0.25) is 0 Å². The lowest BCUT2D eigenvalue weighted by Gasteiger charge is -2.35. The average Bonchev–Trinajstić information content (AvgIpc) is 3.21. The summed E-state index contributed by atoms with van der Waals surface area (Å²) < 4.78 is 12.2. The van der Waals surface area contributed by atoms with Gasteiger partial charge in [0, 0.05) is 11.1 Å². The summed E-state index contributed by atoms with van der Waals surface area (Å²) in [6, 6.07) is 27.6. The molecule has 0 bridgehead atoms. The minimum Gasteiger partial charge on any atom is -0.488 e. The minimum atomic E-state index is 0.140. The van der Waals surface area contributed by atoms with E-state index in [-0.39, 0.29) is 6.04 Å². The van der Waals surface area contributed by atoms with Crippen molar-refractivity contribution in [2.45, 2.75) is 46.3 Å². The third-order valence-electron chi connectivity index (χ3n) is 6.50. The van der Waals surface area contributed by atoms with Crippen LogP contribution in [0, 0.1) is 13.8 Å². The van der Waals surface area contributed by atoms with Crippen molar-refractivity contribution in [1.29, 1.82) is 0 Å². The second-order valence-corrected chi connectivity index (χ2v) is 8.82. The number of hydrogen-bond acceptors (Lipinski definition) is 4. The summed E-state index contributed by atoms with van der Waals surface area (Å²) in [7, 11) is 0. The quantitative estimate of drug-likeness (QED) is 0.287. The number of aromatic nitrogens is 1. The van der Waals surface area contributed by atoms with E-state index in [0.717, 1.165) is 52.6 Å². The summed E-state index contributed by atoms with van der Waals surface area (Å²) in [5.74, 6) is 1.74. The lowest BCUT2D eigenvalue weighted by atomic mass is 9.97. The molecule has 4 nitrogen and oxygen atoms in total. The molecular formula is C30H30N2O2. The van der Waals surface area contributed by atoms with Crippen LogP contribution in [0.15, 0.2) is 89.5 Å². The molecule has 4 heteroatoms. The van der Waals surface area contributed by atoms with Gasteiger partial charge in [-0.15, -0.1) is 0 Å². The average molecular weight is 451 g/mol. The number of fused-ring (bicyclic) bond motifs is 1. The van der Waals surface area contributed by atoms with Crippen LogP contribution in [-0.2, 0) is 11.3 Å². The van der Waals surface area contributed by atoms with Crippen molar-refractivity contribution >= 4 is 17.3 Å². The summed E-state index contributed by atoms with van der Waals surface area (Å²) in [4.78, 5) is 2.27. The molecule has 0 fully saturated rings. The third-order valence-corrected chi connectivity index (χ3v) is 6.50. The highest BCUT2D eigenvalue weighted by Crippen LogP contribution is 2.42. The van der Waals surface area contributed by atoms with E-state index in [1.807, 2.05) is 13.0 Å². The maximum atomic E-state index is 6.43. The van der Waals surface area contributed by atoms with Gasteiger partial charge in [0.1, 0.15) is 12.4 Å². The highest BCUT2D eigenvalue weighted by atomic mass is 16.5. The molecule has 1 unspecified atom stereocenters. The van der Waals surface area contributed by atoms with E-state index >= 15 is 0 Å². The summed E-state index contributed by atoms with van der Waals surface area (Å²) in [5.41, 5.74) is 7.75. The van der Waals surface area contributed by atoms with Gasteiger partial charge in [-0.3, -0.25) is 0 Å². The Morgan fingerprint density at radius 1 is 0.882 bits per heavy atom. The molecule has 3 aromatic carbocycles. The van der Waals surface area contributed by atoms with Crippen molar-refractivity contribution < 1.29 is 9.26 Å². The number of nitrogens with zero attached hydrogens (tertiary/aromatic N) is 2. The molecule has 1 atom stereocenters. The number of aryl methyl sites for hydroxylation is 1. The summed E-state index contributed by atoms with van der Waals surface area (Å²) >= 11 is 0. The van der Waals surface area contributed by atoms with Crippen LogP contribution < -0.4 is 4.90 Å². The van der Waals surface area contributed by atoms with Gasteiger partial charge in [-0.2, -0.15) is 0 Å². The Labute approximate surface area is 201 Å². The molecule has 0 saturated heterocycles. The van der Waals surface area contributed by atoms with E-state index in [4.69, 9.17) is 9.26 Å². The number of anilines is 2. The first kappa shape index (κ1) is 22.0. The first-order valence-electron chi connectivity index (χ1n) is 12.0. The zero-order valence-electron chi connectivity index (χ0n) is 20.0. The molecule has 0 spiro atoms. The van der Waals surface area contributed by atoms with Crippen LogP contribution >= 0.6 is 0 Å². The Morgan fingerprint density at radius 2 is 1.59 bits per heavy atom. The van der Waals surface area contributed by atoms with E-state index in [2.05, 4.69) is 103 Å². The fourth-order valence-electron chi connectivity index (χ4n) is 4.52. The molecule has 34 heavy (non-hydrogen) atoms. The predicted octanol–water partition coefficient (Wildman–Crippen LogP) is 7.84. The van der Waals surface area contributed by atoms with Crippen LogP contribution in [0.25, 0.3) is 16.9 Å². The van der Waals surface area contributed by atoms with Crippen molar-refractivity contribution in [1.82, 2.24) is 5.16 Å². The number of ether oxygens (including phenoxy) is 1. The van der Waals surface area contributed by atoms with Crippen molar-refractivity contribution in [3.05, 3.63) is 107 Å². The molecule has 1 aromatic heterocycles. The van der Waals surface area contributed by atoms with Gasteiger partial charge in [-0.05, 0) is 55.2 Å². The number of rotatable bonds is 7. The van der Waals surface area contributed by atoms with Crippen LogP contribution in [0.4, 0.5) is 11.6 Å². The number of para-hydroxylation sites is 1. The van der Waals surface area contributed by atoms with Crippen LogP contribution in [0.1, 0.15) is 42.1 Å². The molecule has 4 aromatic rings. The zero-order valence-corrected chi connectivity index (χ0v) is 20.0. The largest absolute Gasteiger partial charge is 0.488 e. The van der Waals surface area contributed by atoms with Crippen molar-refractivity contribution in [2.24, 2.45) is 0 Å². The van der Waals surface area contributed by atoms with Crippen LogP contribution in [0.5, 0.6) is 0 Å². The second-order valence-electron chi connectivity index (χ2n) is 8.82. The van der Waals surface area contributed by atoms with E-state index in [0.29, 0.717) is 6.61 Å². The third kappa shape index (κ3) is 4.24. The Hall–Kier alpha value is -3.79. The monoisotopic (exact) mass is 450 g/mol. The smallest absolute Gasteiger partial charge is 0.235 e. The number of benzene rings is 3.